The van der Waals surface area contributed by atoms with Gasteiger partial charge in [-0.1, -0.05) is 27.2 Å². The average molecular weight is 515 g/mol. The molecule has 7 nitrogen and oxygen atoms in total. The van der Waals surface area contributed by atoms with Gasteiger partial charge in [0.15, 0.2) is 5.78 Å². The van der Waals surface area contributed by atoms with E-state index in [0.717, 1.165) is 43.2 Å². The van der Waals surface area contributed by atoms with Crippen molar-refractivity contribution in [3.63, 3.8) is 0 Å². The van der Waals surface area contributed by atoms with E-state index in [1.54, 1.807) is 36.4 Å². The number of hydrogen-bond acceptors (Lipinski definition) is 6. The molecule has 0 unspecified atom stereocenters. The molecule has 0 radical (unpaired) electrons. The van der Waals surface area contributed by atoms with Crippen molar-refractivity contribution < 1.29 is 22.4 Å². The van der Waals surface area contributed by atoms with Crippen LogP contribution in [0.4, 0.5) is 0 Å². The first-order chi connectivity index (χ1) is 17.2. The number of rotatable bonds is 14. The molecule has 0 amide bonds. The number of unbranched alkanes of at least 4 members (excludes halogenated alkanes) is 1. The number of carbonyl (C=O) groups excluding carboxylic acids is 1. The Morgan fingerprint density at radius 1 is 0.972 bits per heavy atom. The number of ether oxygens (including phenoxy) is 1. The van der Waals surface area contributed by atoms with Crippen LogP contribution >= 0.6 is 0 Å². The van der Waals surface area contributed by atoms with Gasteiger partial charge in [-0.15, -0.1) is 0 Å². The van der Waals surface area contributed by atoms with Crippen LogP contribution in [0.1, 0.15) is 61.7 Å². The lowest BCUT2D eigenvalue weighted by atomic mass is 9.98. The molecule has 3 aromatic rings. The van der Waals surface area contributed by atoms with Gasteiger partial charge in [-0.25, -0.2) is 12.7 Å². The first-order valence-electron chi connectivity index (χ1n) is 12.7. The lowest BCUT2D eigenvalue weighted by Crippen LogP contribution is -2.25. The Morgan fingerprint density at radius 2 is 1.67 bits per heavy atom. The number of hydrogen-bond donors (Lipinski definition) is 0. The van der Waals surface area contributed by atoms with Crippen LogP contribution in [0.3, 0.4) is 0 Å². The summed E-state index contributed by atoms with van der Waals surface area (Å²) in [4.78, 5) is 16.1. The predicted octanol–water partition coefficient (Wildman–Crippen LogP) is 5.37. The molecule has 0 saturated carbocycles. The fraction of sp³-hybridized carbons (Fsp3) is 0.464. The molecule has 3 rings (SSSR count). The predicted molar refractivity (Wildman–Crippen MR) is 143 cm³/mol. The maximum Gasteiger partial charge on any atom is 0.242 e. The second-order valence-corrected chi connectivity index (χ2v) is 11.2. The van der Waals surface area contributed by atoms with E-state index in [2.05, 4.69) is 25.7 Å². The molecule has 1 aromatic heterocycles. The molecular weight excluding hydrogens is 476 g/mol. The van der Waals surface area contributed by atoms with Crippen molar-refractivity contribution in [1.29, 1.82) is 0 Å². The highest BCUT2D eigenvalue weighted by Crippen LogP contribution is 2.32. The third-order valence-electron chi connectivity index (χ3n) is 6.39. The summed E-state index contributed by atoms with van der Waals surface area (Å²) in [6.07, 6.45) is 3.35. The molecule has 0 atom stereocenters. The molecule has 0 aliphatic heterocycles. The van der Waals surface area contributed by atoms with E-state index < -0.39 is 10.0 Å². The normalized spacial score (nSPS) is 12.1. The molecule has 2 aromatic carbocycles. The van der Waals surface area contributed by atoms with Gasteiger partial charge < -0.3 is 14.1 Å². The Hall–Kier alpha value is -2.68. The fourth-order valence-corrected chi connectivity index (χ4v) is 5.05. The number of nitrogens with zero attached hydrogens (tertiary/aromatic N) is 2. The van der Waals surface area contributed by atoms with Gasteiger partial charge in [0.1, 0.15) is 17.1 Å². The van der Waals surface area contributed by atoms with Crippen LogP contribution < -0.4 is 4.74 Å². The van der Waals surface area contributed by atoms with Crippen molar-refractivity contribution in [2.24, 2.45) is 0 Å². The molecule has 8 heteroatoms. The zero-order chi connectivity index (χ0) is 26.3. The highest BCUT2D eigenvalue weighted by Gasteiger charge is 2.25. The Balaban J connectivity index is 1.87. The highest BCUT2D eigenvalue weighted by atomic mass is 32.2. The van der Waals surface area contributed by atoms with Crippen LogP contribution in [0.2, 0.25) is 0 Å². The zero-order valence-corrected chi connectivity index (χ0v) is 22.9. The Labute approximate surface area is 215 Å². The smallest absolute Gasteiger partial charge is 0.242 e. The van der Waals surface area contributed by atoms with E-state index in [9.17, 15) is 13.2 Å². The number of ketones is 1. The minimum Gasteiger partial charge on any atom is -0.494 e. The van der Waals surface area contributed by atoms with Gasteiger partial charge in [0.25, 0.3) is 0 Å². The first-order valence-corrected chi connectivity index (χ1v) is 14.1. The van der Waals surface area contributed by atoms with Crippen LogP contribution in [0.25, 0.3) is 11.0 Å². The van der Waals surface area contributed by atoms with E-state index in [0.29, 0.717) is 46.6 Å². The number of fused-ring (bicyclic) bond motifs is 1. The summed E-state index contributed by atoms with van der Waals surface area (Å²) >= 11 is 0. The van der Waals surface area contributed by atoms with E-state index in [4.69, 9.17) is 9.15 Å². The van der Waals surface area contributed by atoms with E-state index in [1.807, 2.05) is 0 Å². The van der Waals surface area contributed by atoms with Gasteiger partial charge in [-0.05, 0) is 68.4 Å². The molecule has 1 heterocycles. The van der Waals surface area contributed by atoms with Gasteiger partial charge in [0.2, 0.25) is 10.0 Å². The molecule has 0 aliphatic carbocycles. The zero-order valence-electron chi connectivity index (χ0n) is 22.0. The van der Waals surface area contributed by atoms with Crippen molar-refractivity contribution in [3.05, 3.63) is 59.4 Å². The van der Waals surface area contributed by atoms with Gasteiger partial charge in [0.05, 0.1) is 17.1 Å². The number of aryl methyl sites for hydroxylation is 1. The second-order valence-electron chi connectivity index (χ2n) is 9.03. The molecule has 0 aliphatic rings. The summed E-state index contributed by atoms with van der Waals surface area (Å²) in [6, 6.07) is 11.8. The van der Waals surface area contributed by atoms with Crippen LogP contribution in [0.15, 0.2) is 51.8 Å². The third-order valence-corrected chi connectivity index (χ3v) is 8.20. The SMILES string of the molecule is CCCCc1oc2ccc(S(=O)(=O)N(C)C)cc2c1C(=O)c1ccc(OCCCN(CC)CC)cc1. The Bertz CT molecular complexity index is 1260. The topological polar surface area (TPSA) is 80.1 Å². The van der Waals surface area contributed by atoms with E-state index >= 15 is 0 Å². The van der Waals surface area contributed by atoms with Crippen molar-refractivity contribution in [2.45, 2.75) is 51.3 Å². The summed E-state index contributed by atoms with van der Waals surface area (Å²) in [5.41, 5.74) is 1.45. The Kier molecular flexibility index (Phi) is 9.70. The molecule has 0 spiro atoms. The van der Waals surface area contributed by atoms with Gasteiger partial charge in [0, 0.05) is 38.0 Å². The molecule has 0 saturated heterocycles. The lowest BCUT2D eigenvalue weighted by Gasteiger charge is -2.17. The van der Waals surface area contributed by atoms with Crippen LogP contribution in [0.5, 0.6) is 5.75 Å². The minimum absolute atomic E-state index is 0.130. The molecule has 0 N–H and O–H groups in total. The average Bonchev–Trinajstić information content (AvgIpc) is 3.24. The standard InChI is InChI=1S/C28H38N2O5S/c1-6-9-11-26-27(24-20-23(16-17-25(24)35-26)36(32,33)29(4)5)28(31)21-12-14-22(15-13-21)34-19-10-18-30(7-2)8-3/h12-17,20H,6-11,18-19H2,1-5H3. The van der Waals surface area contributed by atoms with E-state index in [1.165, 1.54) is 20.2 Å². The lowest BCUT2D eigenvalue weighted by molar-refractivity contribution is 0.103. The largest absolute Gasteiger partial charge is 0.494 e. The van der Waals surface area contributed by atoms with Crippen molar-refractivity contribution >= 4 is 26.8 Å². The van der Waals surface area contributed by atoms with Crippen molar-refractivity contribution in [2.75, 3.05) is 40.3 Å². The molecule has 0 fully saturated rings. The van der Waals surface area contributed by atoms with Crippen LogP contribution in [-0.4, -0.2) is 63.7 Å². The van der Waals surface area contributed by atoms with Gasteiger partial charge in [-0.2, -0.15) is 0 Å². The monoisotopic (exact) mass is 514 g/mol. The van der Waals surface area contributed by atoms with Gasteiger partial charge >= 0.3 is 0 Å². The summed E-state index contributed by atoms with van der Waals surface area (Å²) < 4.78 is 38.5. The van der Waals surface area contributed by atoms with Crippen molar-refractivity contribution in [3.8, 4) is 5.75 Å². The summed E-state index contributed by atoms with van der Waals surface area (Å²) in [5, 5.41) is 0.519. The van der Waals surface area contributed by atoms with E-state index in [-0.39, 0.29) is 10.7 Å². The Morgan fingerprint density at radius 3 is 2.28 bits per heavy atom. The second kappa shape index (κ2) is 12.5. The third kappa shape index (κ3) is 6.35. The maximum absolute atomic E-state index is 13.6. The van der Waals surface area contributed by atoms with Crippen LogP contribution in [-0.2, 0) is 16.4 Å². The van der Waals surface area contributed by atoms with Crippen LogP contribution in [0, 0.1) is 0 Å². The highest BCUT2D eigenvalue weighted by molar-refractivity contribution is 7.89. The number of benzene rings is 2. The number of sulfonamides is 1. The summed E-state index contributed by atoms with van der Waals surface area (Å²) in [7, 11) is -0.674. The molecule has 0 bridgehead atoms. The minimum atomic E-state index is -3.65. The fourth-order valence-electron chi connectivity index (χ4n) is 4.13. The number of furan rings is 1. The number of carbonyl (C=O) groups is 1. The molecular formula is C28H38N2O5S. The molecule has 196 valence electrons. The molecule has 36 heavy (non-hydrogen) atoms. The maximum atomic E-state index is 13.6. The van der Waals surface area contributed by atoms with Crippen molar-refractivity contribution in [1.82, 2.24) is 9.21 Å². The van der Waals surface area contributed by atoms with Gasteiger partial charge in [-0.3, -0.25) is 4.79 Å². The first kappa shape index (κ1) is 27.9. The summed E-state index contributed by atoms with van der Waals surface area (Å²) in [5.74, 6) is 1.12. The summed E-state index contributed by atoms with van der Waals surface area (Å²) in [6.45, 7) is 10.0. The quantitative estimate of drug-likeness (QED) is 0.213.